The molecule has 0 atom stereocenters. The van der Waals surface area contributed by atoms with Gasteiger partial charge in [-0.3, -0.25) is 9.48 Å². The SMILES string of the molecule is CS(=O)(=O)c1cccc(C(=O)Nc2cnn(Cc3ccccc3)c2)c1. The number of hydrogen-bond donors (Lipinski definition) is 1. The number of carbonyl (C=O) groups is 1. The van der Waals surface area contributed by atoms with Crippen LogP contribution in [-0.4, -0.2) is 30.4 Å². The van der Waals surface area contributed by atoms with Crippen molar-refractivity contribution in [2.45, 2.75) is 11.4 Å². The summed E-state index contributed by atoms with van der Waals surface area (Å²) in [5, 5.41) is 6.95. The van der Waals surface area contributed by atoms with Crippen molar-refractivity contribution >= 4 is 21.4 Å². The Labute approximate surface area is 146 Å². The second-order valence-electron chi connectivity index (χ2n) is 5.67. The van der Waals surface area contributed by atoms with Crippen LogP contribution in [0, 0.1) is 0 Å². The fraction of sp³-hybridized carbons (Fsp3) is 0.111. The molecular weight excluding hydrogens is 338 g/mol. The van der Waals surface area contributed by atoms with Gasteiger partial charge in [-0.05, 0) is 23.8 Å². The van der Waals surface area contributed by atoms with Gasteiger partial charge in [0.25, 0.3) is 5.91 Å². The summed E-state index contributed by atoms with van der Waals surface area (Å²) in [6.07, 6.45) is 4.39. The monoisotopic (exact) mass is 355 g/mol. The number of anilines is 1. The predicted octanol–water partition coefficient (Wildman–Crippen LogP) is 2.59. The number of hydrogen-bond acceptors (Lipinski definition) is 4. The smallest absolute Gasteiger partial charge is 0.255 e. The number of rotatable bonds is 5. The molecule has 2 aromatic carbocycles. The lowest BCUT2D eigenvalue weighted by Gasteiger charge is -2.04. The fourth-order valence-corrected chi connectivity index (χ4v) is 3.02. The Morgan fingerprint density at radius 3 is 2.60 bits per heavy atom. The molecule has 25 heavy (non-hydrogen) atoms. The van der Waals surface area contributed by atoms with Crippen molar-refractivity contribution in [2.24, 2.45) is 0 Å². The first-order chi connectivity index (χ1) is 11.9. The Bertz CT molecular complexity index is 995. The summed E-state index contributed by atoms with van der Waals surface area (Å²) in [4.78, 5) is 12.4. The molecule has 3 rings (SSSR count). The molecule has 1 aromatic heterocycles. The van der Waals surface area contributed by atoms with E-state index in [1.54, 1.807) is 29.2 Å². The highest BCUT2D eigenvalue weighted by Gasteiger charge is 2.12. The average Bonchev–Trinajstić information content (AvgIpc) is 3.02. The molecule has 0 saturated carbocycles. The van der Waals surface area contributed by atoms with Crippen LogP contribution in [-0.2, 0) is 16.4 Å². The minimum Gasteiger partial charge on any atom is -0.319 e. The van der Waals surface area contributed by atoms with Crippen molar-refractivity contribution in [3.05, 3.63) is 78.1 Å². The normalized spacial score (nSPS) is 11.2. The number of aromatic nitrogens is 2. The van der Waals surface area contributed by atoms with Crippen LogP contribution < -0.4 is 5.32 Å². The van der Waals surface area contributed by atoms with E-state index in [2.05, 4.69) is 10.4 Å². The van der Waals surface area contributed by atoms with Crippen LogP contribution in [0.15, 0.2) is 71.9 Å². The Hall–Kier alpha value is -2.93. The Balaban J connectivity index is 1.72. The zero-order valence-electron chi connectivity index (χ0n) is 13.6. The van der Waals surface area contributed by atoms with Crippen molar-refractivity contribution < 1.29 is 13.2 Å². The van der Waals surface area contributed by atoms with Gasteiger partial charge in [-0.25, -0.2) is 8.42 Å². The number of sulfone groups is 1. The van der Waals surface area contributed by atoms with Gasteiger partial charge in [0.2, 0.25) is 0 Å². The molecule has 0 fully saturated rings. The number of nitrogens with zero attached hydrogens (tertiary/aromatic N) is 2. The molecule has 0 bridgehead atoms. The molecule has 0 aliphatic rings. The maximum Gasteiger partial charge on any atom is 0.255 e. The molecule has 3 aromatic rings. The van der Waals surface area contributed by atoms with E-state index >= 15 is 0 Å². The maximum atomic E-state index is 12.3. The van der Waals surface area contributed by atoms with Crippen molar-refractivity contribution in [2.75, 3.05) is 11.6 Å². The average molecular weight is 355 g/mol. The van der Waals surface area contributed by atoms with Gasteiger partial charge >= 0.3 is 0 Å². The molecule has 7 heteroatoms. The lowest BCUT2D eigenvalue weighted by molar-refractivity contribution is 0.102. The molecule has 128 valence electrons. The van der Waals surface area contributed by atoms with Gasteiger partial charge in [0.15, 0.2) is 9.84 Å². The van der Waals surface area contributed by atoms with E-state index in [1.165, 1.54) is 12.1 Å². The molecule has 0 unspecified atom stereocenters. The second kappa shape index (κ2) is 6.90. The fourth-order valence-electron chi connectivity index (χ4n) is 2.36. The summed E-state index contributed by atoms with van der Waals surface area (Å²) in [6.45, 7) is 0.597. The summed E-state index contributed by atoms with van der Waals surface area (Å²) < 4.78 is 24.9. The van der Waals surface area contributed by atoms with E-state index in [4.69, 9.17) is 0 Å². The largest absolute Gasteiger partial charge is 0.319 e. The topological polar surface area (TPSA) is 81.1 Å². The highest BCUT2D eigenvalue weighted by Crippen LogP contribution is 2.14. The van der Waals surface area contributed by atoms with Crippen LogP contribution in [0.4, 0.5) is 5.69 Å². The summed E-state index contributed by atoms with van der Waals surface area (Å²) in [5.74, 6) is -0.384. The first-order valence-electron chi connectivity index (χ1n) is 7.60. The summed E-state index contributed by atoms with van der Waals surface area (Å²) >= 11 is 0. The lowest BCUT2D eigenvalue weighted by Crippen LogP contribution is -2.12. The Morgan fingerprint density at radius 1 is 1.12 bits per heavy atom. The van der Waals surface area contributed by atoms with E-state index in [0.717, 1.165) is 11.8 Å². The highest BCUT2D eigenvalue weighted by molar-refractivity contribution is 7.90. The molecule has 0 saturated heterocycles. The minimum atomic E-state index is -3.36. The Morgan fingerprint density at radius 2 is 1.88 bits per heavy atom. The first kappa shape index (κ1) is 16.9. The van der Waals surface area contributed by atoms with Crippen molar-refractivity contribution in [1.29, 1.82) is 0 Å². The number of amides is 1. The predicted molar refractivity (Wildman–Crippen MR) is 95.3 cm³/mol. The van der Waals surface area contributed by atoms with Crippen molar-refractivity contribution in [1.82, 2.24) is 9.78 Å². The molecule has 0 aliphatic heterocycles. The van der Waals surface area contributed by atoms with E-state index < -0.39 is 9.84 Å². The summed E-state index contributed by atoms with van der Waals surface area (Å²) in [6, 6.07) is 15.8. The zero-order valence-corrected chi connectivity index (χ0v) is 14.4. The zero-order chi connectivity index (χ0) is 17.9. The Kier molecular flexibility index (Phi) is 4.67. The molecular formula is C18H17N3O3S. The van der Waals surface area contributed by atoms with Crippen LogP contribution in [0.25, 0.3) is 0 Å². The second-order valence-corrected chi connectivity index (χ2v) is 7.68. The van der Waals surface area contributed by atoms with E-state index in [-0.39, 0.29) is 16.4 Å². The minimum absolute atomic E-state index is 0.111. The lowest BCUT2D eigenvalue weighted by atomic mass is 10.2. The van der Waals surface area contributed by atoms with Gasteiger partial charge < -0.3 is 5.32 Å². The van der Waals surface area contributed by atoms with E-state index in [1.807, 2.05) is 30.3 Å². The van der Waals surface area contributed by atoms with Gasteiger partial charge in [0.1, 0.15) is 0 Å². The van der Waals surface area contributed by atoms with Crippen LogP contribution >= 0.6 is 0 Å². The number of carbonyl (C=O) groups excluding carboxylic acids is 1. The molecule has 6 nitrogen and oxygen atoms in total. The third-order valence-electron chi connectivity index (χ3n) is 3.60. The third-order valence-corrected chi connectivity index (χ3v) is 4.71. The maximum absolute atomic E-state index is 12.3. The van der Waals surface area contributed by atoms with Gasteiger partial charge in [0, 0.05) is 18.0 Å². The highest BCUT2D eigenvalue weighted by atomic mass is 32.2. The van der Waals surface area contributed by atoms with Crippen LogP contribution in [0.3, 0.4) is 0 Å². The van der Waals surface area contributed by atoms with E-state index in [9.17, 15) is 13.2 Å². The molecule has 1 N–H and O–H groups in total. The number of nitrogens with one attached hydrogen (secondary N) is 1. The summed E-state index contributed by atoms with van der Waals surface area (Å²) in [5.41, 5.74) is 1.92. The number of benzene rings is 2. The molecule has 0 aliphatic carbocycles. The summed E-state index contributed by atoms with van der Waals surface area (Å²) in [7, 11) is -3.36. The standard InChI is InChI=1S/C18H17N3O3S/c1-25(23,24)17-9-5-8-15(10-17)18(22)20-16-11-19-21(13-16)12-14-6-3-2-4-7-14/h2-11,13H,12H2,1H3,(H,20,22). The van der Waals surface area contributed by atoms with Crippen LogP contribution in [0.1, 0.15) is 15.9 Å². The van der Waals surface area contributed by atoms with Gasteiger partial charge in [-0.15, -0.1) is 0 Å². The van der Waals surface area contributed by atoms with Gasteiger partial charge in [0.05, 0.1) is 23.3 Å². The third kappa shape index (κ3) is 4.33. The molecule has 0 spiro atoms. The quantitative estimate of drug-likeness (QED) is 0.763. The van der Waals surface area contributed by atoms with Crippen molar-refractivity contribution in [3.63, 3.8) is 0 Å². The van der Waals surface area contributed by atoms with Crippen LogP contribution in [0.5, 0.6) is 0 Å². The van der Waals surface area contributed by atoms with E-state index in [0.29, 0.717) is 12.2 Å². The molecule has 1 heterocycles. The van der Waals surface area contributed by atoms with Gasteiger partial charge in [-0.1, -0.05) is 36.4 Å². The van der Waals surface area contributed by atoms with Crippen molar-refractivity contribution in [3.8, 4) is 0 Å². The van der Waals surface area contributed by atoms with Crippen LogP contribution in [0.2, 0.25) is 0 Å². The molecule has 0 radical (unpaired) electrons. The first-order valence-corrected chi connectivity index (χ1v) is 9.49. The van der Waals surface area contributed by atoms with Gasteiger partial charge in [-0.2, -0.15) is 5.10 Å². The molecule has 1 amide bonds.